The molecule has 3 heteroatoms. The fourth-order valence-electron chi connectivity index (χ4n) is 1.16. The molecule has 0 bridgehead atoms. The van der Waals surface area contributed by atoms with Crippen LogP contribution in [-0.2, 0) is 5.54 Å². The molecule has 0 aliphatic carbocycles. The Morgan fingerprint density at radius 2 is 2.15 bits per heavy atom. The zero-order valence-corrected chi connectivity index (χ0v) is 8.60. The van der Waals surface area contributed by atoms with Crippen LogP contribution in [0.5, 0.6) is 0 Å². The highest BCUT2D eigenvalue weighted by Crippen LogP contribution is 2.26. The first-order valence-corrected chi connectivity index (χ1v) is 4.51. The number of hydrogen-bond donors (Lipinski definition) is 2. The molecule has 0 aromatic heterocycles. The number of aryl methyl sites for hydroxylation is 1. The largest absolute Gasteiger partial charge is 0.394 e. The van der Waals surface area contributed by atoms with Crippen LogP contribution in [0, 0.1) is 6.92 Å². The molecule has 0 radical (unpaired) electrons. The second-order valence-electron chi connectivity index (χ2n) is 3.56. The minimum Gasteiger partial charge on any atom is -0.394 e. The molecule has 0 aliphatic rings. The molecule has 0 spiro atoms. The maximum atomic E-state index is 9.08. The molecule has 1 aromatic rings. The Labute approximate surface area is 83.3 Å². The maximum absolute atomic E-state index is 9.08. The monoisotopic (exact) mass is 199 g/mol. The number of rotatable bonds is 2. The summed E-state index contributed by atoms with van der Waals surface area (Å²) in [6, 6.07) is 5.62. The van der Waals surface area contributed by atoms with Crippen molar-refractivity contribution in [1.29, 1.82) is 0 Å². The van der Waals surface area contributed by atoms with Gasteiger partial charge in [0.2, 0.25) is 0 Å². The first kappa shape index (κ1) is 10.5. The van der Waals surface area contributed by atoms with E-state index in [0.29, 0.717) is 5.02 Å². The Hall–Kier alpha value is -0.570. The van der Waals surface area contributed by atoms with Crippen LogP contribution in [0.4, 0.5) is 0 Å². The molecule has 0 fully saturated rings. The second kappa shape index (κ2) is 3.66. The molecule has 1 rings (SSSR count). The van der Waals surface area contributed by atoms with Crippen LogP contribution in [0.2, 0.25) is 5.02 Å². The van der Waals surface area contributed by atoms with Gasteiger partial charge < -0.3 is 10.8 Å². The van der Waals surface area contributed by atoms with Gasteiger partial charge in [0.05, 0.1) is 12.1 Å². The van der Waals surface area contributed by atoms with E-state index in [1.54, 1.807) is 13.0 Å². The van der Waals surface area contributed by atoms with Crippen molar-refractivity contribution in [1.82, 2.24) is 0 Å². The first-order valence-electron chi connectivity index (χ1n) is 4.14. The zero-order valence-electron chi connectivity index (χ0n) is 7.84. The Morgan fingerprint density at radius 1 is 1.54 bits per heavy atom. The van der Waals surface area contributed by atoms with Crippen molar-refractivity contribution >= 4 is 11.6 Å². The van der Waals surface area contributed by atoms with Gasteiger partial charge >= 0.3 is 0 Å². The van der Waals surface area contributed by atoms with E-state index in [1.807, 2.05) is 19.1 Å². The molecule has 0 saturated carbocycles. The first-order chi connectivity index (χ1) is 5.97. The highest BCUT2D eigenvalue weighted by molar-refractivity contribution is 6.31. The Morgan fingerprint density at radius 3 is 2.69 bits per heavy atom. The van der Waals surface area contributed by atoms with Crippen molar-refractivity contribution in [2.75, 3.05) is 6.61 Å². The van der Waals surface area contributed by atoms with Gasteiger partial charge in [-0.15, -0.1) is 0 Å². The SMILES string of the molecule is Cc1ccc(Cl)c([C@](C)(N)CO)c1. The highest BCUT2D eigenvalue weighted by atomic mass is 35.5. The van der Waals surface area contributed by atoms with Crippen LogP contribution in [0.15, 0.2) is 18.2 Å². The predicted octanol–water partition coefficient (Wildman–Crippen LogP) is 1.81. The number of aliphatic hydroxyl groups is 1. The third-order valence-electron chi connectivity index (χ3n) is 2.07. The quantitative estimate of drug-likeness (QED) is 0.763. The molecule has 3 N–H and O–H groups in total. The van der Waals surface area contributed by atoms with Crippen LogP contribution in [-0.4, -0.2) is 11.7 Å². The Kier molecular flexibility index (Phi) is 2.96. The molecule has 1 atom stereocenters. The lowest BCUT2D eigenvalue weighted by molar-refractivity contribution is 0.210. The van der Waals surface area contributed by atoms with Gasteiger partial charge in [-0.05, 0) is 25.5 Å². The van der Waals surface area contributed by atoms with Crippen molar-refractivity contribution in [3.63, 3.8) is 0 Å². The average molecular weight is 200 g/mol. The molecular weight excluding hydrogens is 186 g/mol. The average Bonchev–Trinajstić information content (AvgIpc) is 2.09. The second-order valence-corrected chi connectivity index (χ2v) is 3.97. The van der Waals surface area contributed by atoms with Gasteiger partial charge in [0.25, 0.3) is 0 Å². The Bertz CT molecular complexity index is 310. The maximum Gasteiger partial charge on any atom is 0.0651 e. The smallest absolute Gasteiger partial charge is 0.0651 e. The summed E-state index contributed by atoms with van der Waals surface area (Å²) in [6.45, 7) is 3.61. The number of nitrogens with two attached hydrogens (primary N) is 1. The van der Waals surface area contributed by atoms with Gasteiger partial charge in [0, 0.05) is 5.02 Å². The third kappa shape index (κ3) is 2.21. The van der Waals surface area contributed by atoms with E-state index in [2.05, 4.69) is 0 Å². The van der Waals surface area contributed by atoms with Crippen LogP contribution in [0.3, 0.4) is 0 Å². The summed E-state index contributed by atoms with van der Waals surface area (Å²) in [5.74, 6) is 0. The molecule has 0 saturated heterocycles. The minimum atomic E-state index is -0.761. The summed E-state index contributed by atoms with van der Waals surface area (Å²) < 4.78 is 0. The molecule has 1 aromatic carbocycles. The lowest BCUT2D eigenvalue weighted by atomic mass is 9.93. The molecule has 0 heterocycles. The van der Waals surface area contributed by atoms with Gasteiger partial charge in [-0.25, -0.2) is 0 Å². The van der Waals surface area contributed by atoms with E-state index in [-0.39, 0.29) is 6.61 Å². The molecule has 72 valence electrons. The molecule has 0 aliphatic heterocycles. The van der Waals surface area contributed by atoms with E-state index in [4.69, 9.17) is 22.4 Å². The van der Waals surface area contributed by atoms with E-state index < -0.39 is 5.54 Å². The predicted molar refractivity (Wildman–Crippen MR) is 54.8 cm³/mol. The third-order valence-corrected chi connectivity index (χ3v) is 2.40. The summed E-state index contributed by atoms with van der Waals surface area (Å²) in [6.07, 6.45) is 0. The Balaban J connectivity index is 3.20. The fraction of sp³-hybridized carbons (Fsp3) is 0.400. The van der Waals surface area contributed by atoms with E-state index in [9.17, 15) is 0 Å². The fourth-order valence-corrected chi connectivity index (χ4v) is 1.50. The zero-order chi connectivity index (χ0) is 10.1. The van der Waals surface area contributed by atoms with E-state index >= 15 is 0 Å². The summed E-state index contributed by atoms with van der Waals surface area (Å²) >= 11 is 5.97. The molecule has 0 amide bonds. The van der Waals surface area contributed by atoms with Gasteiger partial charge in [-0.3, -0.25) is 0 Å². The highest BCUT2D eigenvalue weighted by Gasteiger charge is 2.22. The molecule has 13 heavy (non-hydrogen) atoms. The number of aliphatic hydroxyl groups excluding tert-OH is 1. The van der Waals surface area contributed by atoms with Gasteiger partial charge in [0.15, 0.2) is 0 Å². The van der Waals surface area contributed by atoms with Gasteiger partial charge in [0.1, 0.15) is 0 Å². The number of halogens is 1. The molecule has 2 nitrogen and oxygen atoms in total. The normalized spacial score (nSPS) is 15.5. The van der Waals surface area contributed by atoms with E-state index in [1.165, 1.54) is 0 Å². The van der Waals surface area contributed by atoms with Gasteiger partial charge in [-0.2, -0.15) is 0 Å². The summed E-state index contributed by atoms with van der Waals surface area (Å²) in [4.78, 5) is 0. The summed E-state index contributed by atoms with van der Waals surface area (Å²) in [5, 5.41) is 9.68. The lowest BCUT2D eigenvalue weighted by Gasteiger charge is -2.23. The molecular formula is C10H14ClNO. The summed E-state index contributed by atoms with van der Waals surface area (Å²) in [7, 11) is 0. The van der Waals surface area contributed by atoms with Crippen molar-refractivity contribution < 1.29 is 5.11 Å². The molecule has 0 unspecified atom stereocenters. The van der Waals surface area contributed by atoms with Crippen molar-refractivity contribution in [3.8, 4) is 0 Å². The lowest BCUT2D eigenvalue weighted by Crippen LogP contribution is -2.37. The van der Waals surface area contributed by atoms with Crippen LogP contribution >= 0.6 is 11.6 Å². The summed E-state index contributed by atoms with van der Waals surface area (Å²) in [5.41, 5.74) is 6.99. The van der Waals surface area contributed by atoms with Crippen molar-refractivity contribution in [2.45, 2.75) is 19.4 Å². The van der Waals surface area contributed by atoms with Crippen LogP contribution < -0.4 is 5.73 Å². The van der Waals surface area contributed by atoms with Crippen molar-refractivity contribution in [2.24, 2.45) is 5.73 Å². The van der Waals surface area contributed by atoms with Crippen molar-refractivity contribution in [3.05, 3.63) is 34.3 Å². The number of hydrogen-bond acceptors (Lipinski definition) is 2. The van der Waals surface area contributed by atoms with Crippen LogP contribution in [0.1, 0.15) is 18.1 Å². The van der Waals surface area contributed by atoms with E-state index in [0.717, 1.165) is 11.1 Å². The minimum absolute atomic E-state index is 0.115. The number of benzene rings is 1. The topological polar surface area (TPSA) is 46.2 Å². The van der Waals surface area contributed by atoms with Crippen LogP contribution in [0.25, 0.3) is 0 Å². The standard InChI is InChI=1S/C10H14ClNO/c1-7-3-4-9(11)8(5-7)10(2,12)6-13/h3-5,13H,6,12H2,1-2H3/t10-/m1/s1. The van der Waals surface area contributed by atoms with Gasteiger partial charge in [-0.1, -0.05) is 29.3 Å².